The highest BCUT2D eigenvalue weighted by Gasteiger charge is 2.42. The summed E-state index contributed by atoms with van der Waals surface area (Å²) < 4.78 is 57.0. The van der Waals surface area contributed by atoms with E-state index < -0.39 is 19.0 Å². The Morgan fingerprint density at radius 1 is 1.35 bits per heavy atom. The summed E-state index contributed by atoms with van der Waals surface area (Å²) in [5, 5.41) is 7.98. The van der Waals surface area contributed by atoms with Crippen molar-refractivity contribution in [3.8, 4) is 5.88 Å². The molecule has 164 valence electrons. The number of aromatic nitrogens is 4. The molecule has 1 saturated carbocycles. The van der Waals surface area contributed by atoms with E-state index in [9.17, 15) is 22.4 Å². The molecule has 1 aliphatic rings. The Bertz CT molecular complexity index is 1110. The first-order valence-electron chi connectivity index (χ1n) is 9.60. The quantitative estimate of drug-likeness (QED) is 0.542. The van der Waals surface area contributed by atoms with Crippen molar-refractivity contribution in [3.05, 3.63) is 41.9 Å². The molecule has 3 aromatic rings. The second-order valence-corrected chi connectivity index (χ2v) is 7.50. The van der Waals surface area contributed by atoms with Crippen LogP contribution in [0.25, 0.3) is 10.9 Å². The fraction of sp³-hybridized carbons (Fsp3) is 0.400. The summed E-state index contributed by atoms with van der Waals surface area (Å²) in [6, 6.07) is 3.38. The number of carbonyl (C=O) groups excluding carboxylic acids is 1. The molecule has 7 nitrogen and oxygen atoms in total. The second kappa shape index (κ2) is 8.12. The van der Waals surface area contributed by atoms with Gasteiger partial charge in [0.1, 0.15) is 5.82 Å². The number of anilines is 1. The van der Waals surface area contributed by atoms with Gasteiger partial charge in [0.05, 0.1) is 17.4 Å². The second-order valence-electron chi connectivity index (χ2n) is 7.50. The fourth-order valence-electron chi connectivity index (χ4n) is 3.01. The van der Waals surface area contributed by atoms with Gasteiger partial charge in [0.15, 0.2) is 6.61 Å². The van der Waals surface area contributed by atoms with E-state index in [1.165, 1.54) is 6.20 Å². The highest BCUT2D eigenvalue weighted by molar-refractivity contribution is 6.00. The fourth-order valence-corrected chi connectivity index (χ4v) is 3.01. The molecule has 3 heterocycles. The lowest BCUT2D eigenvalue weighted by molar-refractivity contribution is -0.148. The van der Waals surface area contributed by atoms with E-state index >= 15 is 0 Å². The van der Waals surface area contributed by atoms with Gasteiger partial charge in [-0.25, -0.2) is 18.7 Å². The molecule has 0 aromatic carbocycles. The van der Waals surface area contributed by atoms with E-state index in [-0.39, 0.29) is 17.7 Å². The summed E-state index contributed by atoms with van der Waals surface area (Å²) in [4.78, 5) is 20.2. The summed E-state index contributed by atoms with van der Waals surface area (Å²) in [6.45, 7) is 0.443. The number of hydrogen-bond acceptors (Lipinski definition) is 5. The molecule has 0 aliphatic heterocycles. The number of pyridine rings is 2. The lowest BCUT2D eigenvalue weighted by atomic mass is 10.2. The smallest absolute Gasteiger partial charge is 0.340 e. The van der Waals surface area contributed by atoms with Gasteiger partial charge in [-0.1, -0.05) is 0 Å². The van der Waals surface area contributed by atoms with Crippen LogP contribution < -0.4 is 10.1 Å². The molecule has 1 amide bonds. The van der Waals surface area contributed by atoms with Gasteiger partial charge in [0, 0.05) is 30.1 Å². The van der Waals surface area contributed by atoms with E-state index in [4.69, 9.17) is 4.74 Å². The molecule has 1 N–H and O–H groups in total. The maximum Gasteiger partial charge on any atom is 0.340 e. The van der Waals surface area contributed by atoms with Crippen LogP contribution in [0.5, 0.6) is 5.88 Å². The third kappa shape index (κ3) is 4.75. The van der Waals surface area contributed by atoms with Gasteiger partial charge in [-0.05, 0) is 37.5 Å². The number of aryl methyl sites for hydroxylation is 1. The molecule has 31 heavy (non-hydrogen) atoms. The van der Waals surface area contributed by atoms with E-state index in [0.717, 1.165) is 12.8 Å². The van der Waals surface area contributed by atoms with Crippen molar-refractivity contribution in [1.29, 1.82) is 0 Å². The highest BCUT2D eigenvalue weighted by Crippen LogP contribution is 2.31. The summed E-state index contributed by atoms with van der Waals surface area (Å²) in [7, 11) is 0. The van der Waals surface area contributed by atoms with Gasteiger partial charge in [-0.15, -0.1) is 0 Å². The number of halogens is 4. The van der Waals surface area contributed by atoms with Gasteiger partial charge in [0.2, 0.25) is 11.8 Å². The number of hydrogen-bond donors (Lipinski definition) is 1. The van der Waals surface area contributed by atoms with Crippen LogP contribution in [-0.2, 0) is 11.3 Å². The van der Waals surface area contributed by atoms with E-state index in [0.29, 0.717) is 34.4 Å². The SMILES string of the molecule is Cc1cc(Cn2cc3c(NC(=O)C4CC4)nccc3n2)cnc1OCC(F)(F)C(F)F. The topological polar surface area (TPSA) is 81.9 Å². The van der Waals surface area contributed by atoms with Crippen molar-refractivity contribution in [2.75, 3.05) is 11.9 Å². The first-order valence-corrected chi connectivity index (χ1v) is 9.60. The Morgan fingerprint density at radius 2 is 2.13 bits per heavy atom. The first-order chi connectivity index (χ1) is 14.7. The van der Waals surface area contributed by atoms with Crippen molar-refractivity contribution in [2.24, 2.45) is 5.92 Å². The van der Waals surface area contributed by atoms with Gasteiger partial charge < -0.3 is 10.1 Å². The molecule has 3 aromatic heterocycles. The number of carbonyl (C=O) groups is 1. The molecule has 4 rings (SSSR count). The van der Waals surface area contributed by atoms with Crippen molar-refractivity contribution < 1.29 is 27.1 Å². The van der Waals surface area contributed by atoms with Crippen LogP contribution in [0.3, 0.4) is 0 Å². The number of nitrogens with one attached hydrogen (secondary N) is 1. The molecule has 11 heteroatoms. The van der Waals surface area contributed by atoms with Crippen molar-refractivity contribution in [2.45, 2.75) is 38.7 Å². The Kier molecular flexibility index (Phi) is 5.50. The summed E-state index contributed by atoms with van der Waals surface area (Å²) >= 11 is 0. The molecular formula is C20H19F4N5O2. The van der Waals surface area contributed by atoms with Crippen LogP contribution >= 0.6 is 0 Å². The average Bonchev–Trinajstić information content (AvgIpc) is 3.48. The molecular weight excluding hydrogens is 418 g/mol. The van der Waals surface area contributed by atoms with Crippen molar-refractivity contribution in [1.82, 2.24) is 19.7 Å². The predicted molar refractivity (Wildman–Crippen MR) is 103 cm³/mol. The van der Waals surface area contributed by atoms with Crippen molar-refractivity contribution >= 4 is 22.6 Å². The first kappa shape index (κ1) is 21.0. The van der Waals surface area contributed by atoms with Crippen LogP contribution in [0.1, 0.15) is 24.0 Å². The third-order valence-corrected chi connectivity index (χ3v) is 4.82. The minimum Gasteiger partial charge on any atom is -0.471 e. The van der Waals surface area contributed by atoms with E-state index in [2.05, 4.69) is 20.4 Å². The third-order valence-electron chi connectivity index (χ3n) is 4.82. The van der Waals surface area contributed by atoms with Crippen molar-refractivity contribution in [3.63, 3.8) is 0 Å². The van der Waals surface area contributed by atoms with Crippen LogP contribution in [0.15, 0.2) is 30.7 Å². The maximum absolute atomic E-state index is 13.0. The summed E-state index contributed by atoms with van der Waals surface area (Å²) in [6.07, 6.45) is 2.67. The molecule has 0 saturated heterocycles. The Morgan fingerprint density at radius 3 is 2.81 bits per heavy atom. The minimum absolute atomic E-state index is 0.0440. The monoisotopic (exact) mass is 437 g/mol. The normalized spacial score (nSPS) is 14.3. The van der Waals surface area contributed by atoms with Crippen LogP contribution in [0, 0.1) is 12.8 Å². The zero-order chi connectivity index (χ0) is 22.2. The minimum atomic E-state index is -4.25. The van der Waals surface area contributed by atoms with Gasteiger partial charge in [-0.3, -0.25) is 9.48 Å². The highest BCUT2D eigenvalue weighted by atomic mass is 19.3. The summed E-state index contributed by atoms with van der Waals surface area (Å²) in [5.41, 5.74) is 1.79. The lowest BCUT2D eigenvalue weighted by Crippen LogP contribution is -2.34. The number of alkyl halides is 4. The molecule has 0 radical (unpaired) electrons. The molecule has 1 fully saturated rings. The summed E-state index contributed by atoms with van der Waals surface area (Å²) in [5.74, 6) is -3.95. The van der Waals surface area contributed by atoms with Crippen LogP contribution in [0.4, 0.5) is 23.4 Å². The molecule has 0 bridgehead atoms. The number of fused-ring (bicyclic) bond motifs is 1. The molecule has 0 unspecified atom stereocenters. The van der Waals surface area contributed by atoms with Gasteiger partial charge >= 0.3 is 12.3 Å². The largest absolute Gasteiger partial charge is 0.471 e. The molecule has 1 aliphatic carbocycles. The number of amides is 1. The number of rotatable bonds is 8. The van der Waals surface area contributed by atoms with Crippen LogP contribution in [0.2, 0.25) is 0 Å². The molecule has 0 atom stereocenters. The van der Waals surface area contributed by atoms with Crippen LogP contribution in [-0.4, -0.2) is 44.6 Å². The van der Waals surface area contributed by atoms with E-state index in [1.807, 2.05) is 0 Å². The average molecular weight is 437 g/mol. The predicted octanol–water partition coefficient (Wildman–Crippen LogP) is 3.81. The Hall–Kier alpha value is -3.24. The van der Waals surface area contributed by atoms with Gasteiger partial charge in [-0.2, -0.15) is 13.9 Å². The number of nitrogens with zero attached hydrogens (tertiary/aromatic N) is 4. The van der Waals surface area contributed by atoms with E-state index in [1.54, 1.807) is 36.1 Å². The zero-order valence-corrected chi connectivity index (χ0v) is 16.5. The Labute approximate surface area is 174 Å². The standard InChI is InChI=1S/C20H19F4N5O2/c1-11-6-12(7-26-18(11)31-10-20(23,24)19(21)22)8-29-9-14-15(28-29)4-5-25-16(14)27-17(30)13-2-3-13/h4-7,9,13,19H,2-3,8,10H2,1H3,(H,25,27,30). The van der Waals surface area contributed by atoms with Gasteiger partial charge in [0.25, 0.3) is 0 Å². The molecule has 0 spiro atoms. The zero-order valence-electron chi connectivity index (χ0n) is 16.5. The lowest BCUT2D eigenvalue weighted by Gasteiger charge is -2.16. The maximum atomic E-state index is 13.0. The number of ether oxygens (including phenoxy) is 1. The Balaban J connectivity index is 1.47.